The van der Waals surface area contributed by atoms with E-state index >= 15 is 0 Å². The number of hydrogen-bond acceptors (Lipinski definition) is 3. The molecule has 0 saturated carbocycles. The molecule has 0 N–H and O–H groups in total. The van der Waals surface area contributed by atoms with Gasteiger partial charge < -0.3 is 9.64 Å². The van der Waals surface area contributed by atoms with Crippen molar-refractivity contribution in [1.82, 2.24) is 9.80 Å². The van der Waals surface area contributed by atoms with Crippen LogP contribution in [-0.2, 0) is 22.3 Å². The van der Waals surface area contributed by atoms with Crippen molar-refractivity contribution >= 4 is 5.91 Å². The number of rotatable bonds is 5. The molecule has 0 unspecified atom stereocenters. The van der Waals surface area contributed by atoms with Gasteiger partial charge in [0.1, 0.15) is 13.2 Å². The predicted molar refractivity (Wildman–Crippen MR) is 80.2 cm³/mol. The van der Waals surface area contributed by atoms with Crippen molar-refractivity contribution in [3.63, 3.8) is 0 Å². The molecule has 26 heavy (non-hydrogen) atoms. The van der Waals surface area contributed by atoms with Gasteiger partial charge in [0.2, 0.25) is 5.91 Å². The zero-order valence-corrected chi connectivity index (χ0v) is 13.7. The second-order valence-corrected chi connectivity index (χ2v) is 5.96. The van der Waals surface area contributed by atoms with Crippen molar-refractivity contribution in [2.24, 2.45) is 0 Å². The third kappa shape index (κ3) is 6.49. The first-order valence-corrected chi connectivity index (χ1v) is 7.85. The van der Waals surface area contributed by atoms with Crippen LogP contribution in [0.2, 0.25) is 0 Å². The molecule has 0 aromatic heterocycles. The first-order chi connectivity index (χ1) is 12.0. The predicted octanol–water partition coefficient (Wildman–Crippen LogP) is 2.93. The number of ether oxygens (including phenoxy) is 1. The number of benzene rings is 1. The van der Waals surface area contributed by atoms with E-state index in [1.165, 1.54) is 11.0 Å². The Morgan fingerprint density at radius 2 is 1.69 bits per heavy atom. The lowest BCUT2D eigenvalue weighted by molar-refractivity contribution is -0.178. The van der Waals surface area contributed by atoms with E-state index in [4.69, 9.17) is 0 Å². The van der Waals surface area contributed by atoms with Crippen LogP contribution >= 0.6 is 0 Å². The first kappa shape index (κ1) is 20.5. The highest BCUT2D eigenvalue weighted by Crippen LogP contribution is 2.29. The number of carbonyl (C=O) groups is 1. The van der Waals surface area contributed by atoms with E-state index in [2.05, 4.69) is 4.74 Å². The van der Waals surface area contributed by atoms with Crippen LogP contribution in [0.5, 0.6) is 0 Å². The monoisotopic (exact) mass is 384 g/mol. The normalized spacial score (nSPS) is 16.8. The van der Waals surface area contributed by atoms with Gasteiger partial charge in [0.15, 0.2) is 0 Å². The zero-order valence-electron chi connectivity index (χ0n) is 13.7. The molecule has 1 amide bonds. The van der Waals surface area contributed by atoms with E-state index in [1.54, 1.807) is 6.07 Å². The summed E-state index contributed by atoms with van der Waals surface area (Å²) in [5, 5.41) is 0. The van der Waals surface area contributed by atoms with Gasteiger partial charge in [0.25, 0.3) is 0 Å². The largest absolute Gasteiger partial charge is 0.416 e. The average molecular weight is 384 g/mol. The molecule has 0 aliphatic carbocycles. The van der Waals surface area contributed by atoms with Crippen molar-refractivity contribution < 1.29 is 35.9 Å². The molecular formula is C16H18F6N2O2. The average Bonchev–Trinajstić information content (AvgIpc) is 2.54. The number of hydrogen-bond donors (Lipinski definition) is 0. The fourth-order valence-electron chi connectivity index (χ4n) is 2.60. The van der Waals surface area contributed by atoms with Crippen molar-refractivity contribution in [2.45, 2.75) is 18.9 Å². The first-order valence-electron chi connectivity index (χ1n) is 7.85. The van der Waals surface area contributed by atoms with Crippen LogP contribution in [0.3, 0.4) is 0 Å². The highest BCUT2D eigenvalue weighted by atomic mass is 19.4. The lowest BCUT2D eigenvalue weighted by atomic mass is 10.1. The summed E-state index contributed by atoms with van der Waals surface area (Å²) < 4.78 is 78.5. The highest BCUT2D eigenvalue weighted by Gasteiger charge is 2.31. The summed E-state index contributed by atoms with van der Waals surface area (Å²) in [6, 6.07) is 5.03. The number of carbonyl (C=O) groups excluding carboxylic acids is 1. The van der Waals surface area contributed by atoms with E-state index in [-0.39, 0.29) is 13.1 Å². The van der Waals surface area contributed by atoms with Gasteiger partial charge in [-0.3, -0.25) is 9.69 Å². The summed E-state index contributed by atoms with van der Waals surface area (Å²) in [6.45, 7) is -0.416. The van der Waals surface area contributed by atoms with Crippen LogP contribution in [0.4, 0.5) is 26.3 Å². The van der Waals surface area contributed by atoms with Crippen molar-refractivity contribution in [3.8, 4) is 0 Å². The Balaban J connectivity index is 1.79. The van der Waals surface area contributed by atoms with Crippen LogP contribution in [0.25, 0.3) is 0 Å². The molecule has 1 aliphatic rings. The molecule has 1 aromatic carbocycles. The number of halogens is 6. The summed E-state index contributed by atoms with van der Waals surface area (Å²) in [7, 11) is 0. The Bertz CT molecular complexity index is 609. The van der Waals surface area contributed by atoms with Gasteiger partial charge in [-0.2, -0.15) is 26.3 Å². The minimum Gasteiger partial charge on any atom is -0.362 e. The van der Waals surface area contributed by atoms with Crippen LogP contribution < -0.4 is 0 Å². The van der Waals surface area contributed by atoms with E-state index in [1.807, 2.05) is 4.90 Å². The minimum atomic E-state index is -4.48. The molecule has 1 saturated heterocycles. The second-order valence-electron chi connectivity index (χ2n) is 5.96. The lowest BCUT2D eigenvalue weighted by Gasteiger charge is -2.34. The van der Waals surface area contributed by atoms with Crippen LogP contribution in [0.15, 0.2) is 24.3 Å². The van der Waals surface area contributed by atoms with Crippen molar-refractivity contribution in [3.05, 3.63) is 35.4 Å². The third-order valence-corrected chi connectivity index (χ3v) is 3.88. The van der Waals surface area contributed by atoms with E-state index < -0.39 is 37.0 Å². The van der Waals surface area contributed by atoms with Gasteiger partial charge in [0.05, 0.1) is 5.56 Å². The SMILES string of the molecule is O=C(COCC(F)(F)F)N1CCN(Cc2cccc(C(F)(F)F)c2)CC1. The topological polar surface area (TPSA) is 32.8 Å². The van der Waals surface area contributed by atoms with Crippen LogP contribution in [0.1, 0.15) is 11.1 Å². The quantitative estimate of drug-likeness (QED) is 0.732. The number of nitrogens with zero attached hydrogens (tertiary/aromatic N) is 2. The number of piperazine rings is 1. The Hall–Kier alpha value is -1.81. The Kier molecular flexibility index (Phi) is 6.51. The molecule has 2 rings (SSSR count). The molecule has 1 fully saturated rings. The molecule has 146 valence electrons. The molecule has 0 radical (unpaired) electrons. The fourth-order valence-corrected chi connectivity index (χ4v) is 2.60. The smallest absolute Gasteiger partial charge is 0.362 e. The standard InChI is InChI=1S/C16H18F6N2O2/c17-15(18,19)11-26-10-14(25)24-6-4-23(5-7-24)9-12-2-1-3-13(8-12)16(20,21)22/h1-3,8H,4-7,9-11H2. The maximum atomic E-state index is 12.7. The third-order valence-electron chi connectivity index (χ3n) is 3.88. The minimum absolute atomic E-state index is 0.285. The molecule has 4 nitrogen and oxygen atoms in total. The van der Waals surface area contributed by atoms with Crippen molar-refractivity contribution in [2.75, 3.05) is 39.4 Å². The molecule has 0 atom stereocenters. The summed E-state index contributed by atoms with van der Waals surface area (Å²) in [5.41, 5.74) is -0.210. The zero-order chi connectivity index (χ0) is 19.4. The van der Waals surface area contributed by atoms with E-state index in [9.17, 15) is 31.1 Å². The Morgan fingerprint density at radius 1 is 1.04 bits per heavy atom. The second kappa shape index (κ2) is 8.26. The summed E-state index contributed by atoms with van der Waals surface area (Å²) in [4.78, 5) is 15.1. The van der Waals surface area contributed by atoms with Gasteiger partial charge in [0, 0.05) is 32.7 Å². The van der Waals surface area contributed by atoms with Gasteiger partial charge in [-0.25, -0.2) is 0 Å². The Morgan fingerprint density at radius 3 is 2.27 bits per heavy atom. The van der Waals surface area contributed by atoms with Gasteiger partial charge in [-0.05, 0) is 11.6 Å². The Labute approximate surface area is 146 Å². The number of alkyl halides is 6. The maximum Gasteiger partial charge on any atom is 0.416 e. The van der Waals surface area contributed by atoms with Gasteiger partial charge in [-0.15, -0.1) is 0 Å². The summed E-state index contributed by atoms with van der Waals surface area (Å²) >= 11 is 0. The maximum absolute atomic E-state index is 12.7. The lowest BCUT2D eigenvalue weighted by Crippen LogP contribution is -2.49. The molecular weight excluding hydrogens is 366 g/mol. The molecule has 1 aliphatic heterocycles. The fraction of sp³-hybridized carbons (Fsp3) is 0.562. The van der Waals surface area contributed by atoms with Gasteiger partial charge in [-0.1, -0.05) is 18.2 Å². The van der Waals surface area contributed by atoms with Gasteiger partial charge >= 0.3 is 12.4 Å². The van der Waals surface area contributed by atoms with E-state index in [0.717, 1.165) is 12.1 Å². The van der Waals surface area contributed by atoms with Crippen LogP contribution in [-0.4, -0.2) is 61.3 Å². The summed E-state index contributed by atoms with van der Waals surface area (Å²) in [6.07, 6.45) is -8.89. The molecule has 1 aromatic rings. The van der Waals surface area contributed by atoms with Crippen LogP contribution in [0, 0.1) is 0 Å². The van der Waals surface area contributed by atoms with Crippen molar-refractivity contribution in [1.29, 1.82) is 0 Å². The molecule has 10 heteroatoms. The molecule has 1 heterocycles. The highest BCUT2D eigenvalue weighted by molar-refractivity contribution is 5.77. The summed E-state index contributed by atoms with van der Waals surface area (Å²) in [5.74, 6) is -0.534. The molecule has 0 bridgehead atoms. The number of amides is 1. The van der Waals surface area contributed by atoms with E-state index in [0.29, 0.717) is 25.2 Å². The molecule has 0 spiro atoms.